The van der Waals surface area contributed by atoms with Gasteiger partial charge in [0.1, 0.15) is 5.78 Å². The van der Waals surface area contributed by atoms with Crippen LogP contribution in [0.25, 0.3) is 0 Å². The summed E-state index contributed by atoms with van der Waals surface area (Å²) < 4.78 is 1.51. The normalized spacial score (nSPS) is 36.4. The van der Waals surface area contributed by atoms with Crippen molar-refractivity contribution in [1.29, 1.82) is 0 Å². The van der Waals surface area contributed by atoms with Gasteiger partial charge in [-0.05, 0) is 178 Å². The Balaban J connectivity index is 0.924. The topological polar surface area (TPSA) is 104 Å². The Morgan fingerprint density at radius 3 is 2.25 bits per heavy atom. The molecule has 6 aliphatic rings. The van der Waals surface area contributed by atoms with Crippen molar-refractivity contribution < 1.29 is 24.3 Å². The molecular weight excluding hydrogens is 800 g/mol. The van der Waals surface area contributed by atoms with Gasteiger partial charge in [0.2, 0.25) is 0 Å². The third-order valence-corrected chi connectivity index (χ3v) is 19.4. The van der Waals surface area contributed by atoms with E-state index >= 15 is 0 Å². The zero-order chi connectivity index (χ0) is 44.1. The number of amides is 1. The van der Waals surface area contributed by atoms with Crippen LogP contribution >= 0.6 is 24.4 Å². The number of halogens is 1. The number of nitrogens with zero attached hydrogens (tertiary/aromatic N) is 1. The SMILES string of the molecule is CC(C)C1=C2C3CCC4C(C)(CCC5C(C)(C)C(CC(=O)C6CC(C(=O)O)C6C)CCC54C)C3CCC2(CCNCCCCCCCN(S)C(=O)c2ccc(Cl)cc2)CC1=O. The molecule has 1 aromatic rings. The summed E-state index contributed by atoms with van der Waals surface area (Å²) in [6.45, 7) is 19.3. The van der Waals surface area contributed by atoms with Crippen molar-refractivity contribution in [3.63, 3.8) is 0 Å². The molecule has 0 heterocycles. The molecule has 2 N–H and O–H groups in total. The number of rotatable bonds is 17. The van der Waals surface area contributed by atoms with Crippen LogP contribution in [-0.2, 0) is 14.4 Å². The molecule has 338 valence electrons. The molecular formula is C52H77ClN2O5S. The molecule has 11 unspecified atom stereocenters. The van der Waals surface area contributed by atoms with E-state index in [0.717, 1.165) is 64.5 Å². The summed E-state index contributed by atoms with van der Waals surface area (Å²) >= 11 is 10.4. The summed E-state index contributed by atoms with van der Waals surface area (Å²) in [4.78, 5) is 51.9. The third kappa shape index (κ3) is 8.72. The first-order valence-electron chi connectivity index (χ1n) is 24.4. The summed E-state index contributed by atoms with van der Waals surface area (Å²) in [5, 5.41) is 14.0. The highest BCUT2D eigenvalue weighted by atomic mass is 35.5. The smallest absolute Gasteiger partial charge is 0.306 e. The number of allylic oxidation sites excluding steroid dienone is 2. The third-order valence-electron chi connectivity index (χ3n) is 18.8. The number of carbonyl (C=O) groups excluding carboxylic acids is 3. The molecule has 0 aliphatic heterocycles. The molecule has 61 heavy (non-hydrogen) atoms. The van der Waals surface area contributed by atoms with Crippen LogP contribution in [0.2, 0.25) is 5.02 Å². The first-order chi connectivity index (χ1) is 28.9. The molecule has 0 spiro atoms. The van der Waals surface area contributed by atoms with Gasteiger partial charge in [-0.3, -0.25) is 23.5 Å². The van der Waals surface area contributed by atoms with Gasteiger partial charge in [-0.2, -0.15) is 0 Å². The zero-order valence-corrected chi connectivity index (χ0v) is 40.2. The molecule has 0 bridgehead atoms. The van der Waals surface area contributed by atoms with Crippen molar-refractivity contribution in [3.05, 3.63) is 46.0 Å². The lowest BCUT2D eigenvalue weighted by atomic mass is 9.35. The minimum atomic E-state index is -0.752. The number of hydrogen-bond donors (Lipinski definition) is 3. The number of ketones is 2. The highest BCUT2D eigenvalue weighted by molar-refractivity contribution is 7.78. The number of nitrogens with one attached hydrogen (secondary N) is 1. The molecule has 5 saturated carbocycles. The maximum atomic E-state index is 14.0. The Labute approximate surface area is 378 Å². The van der Waals surface area contributed by atoms with E-state index in [4.69, 9.17) is 11.6 Å². The molecule has 0 aromatic heterocycles. The van der Waals surface area contributed by atoms with Gasteiger partial charge in [0, 0.05) is 41.3 Å². The van der Waals surface area contributed by atoms with E-state index < -0.39 is 5.97 Å². The van der Waals surface area contributed by atoms with Gasteiger partial charge in [0.05, 0.1) is 5.92 Å². The quantitative estimate of drug-likeness (QED) is 0.106. The van der Waals surface area contributed by atoms with Crippen molar-refractivity contribution in [2.24, 2.45) is 74.9 Å². The number of benzene rings is 1. The van der Waals surface area contributed by atoms with Crippen molar-refractivity contribution in [2.45, 2.75) is 158 Å². The van der Waals surface area contributed by atoms with Crippen LogP contribution in [0.4, 0.5) is 0 Å². The highest BCUT2D eigenvalue weighted by Gasteiger charge is 2.66. The second-order valence-corrected chi connectivity index (χ2v) is 23.3. The van der Waals surface area contributed by atoms with Gasteiger partial charge >= 0.3 is 5.97 Å². The number of Topliss-reactive ketones (excluding diaryl/α,β-unsaturated/α-hetero) is 2. The lowest BCUT2D eigenvalue weighted by Gasteiger charge is -2.69. The van der Waals surface area contributed by atoms with Crippen molar-refractivity contribution in [1.82, 2.24) is 9.62 Å². The van der Waals surface area contributed by atoms with Crippen LogP contribution in [0.15, 0.2) is 35.4 Å². The monoisotopic (exact) mass is 877 g/mol. The molecule has 1 aromatic carbocycles. The highest BCUT2D eigenvalue weighted by Crippen LogP contribution is 2.74. The first-order valence-corrected chi connectivity index (χ1v) is 25.1. The first kappa shape index (κ1) is 46.8. The minimum absolute atomic E-state index is 0.00629. The summed E-state index contributed by atoms with van der Waals surface area (Å²) in [6, 6.07) is 6.95. The summed E-state index contributed by atoms with van der Waals surface area (Å²) in [7, 11) is 0. The number of aliphatic carboxylic acids is 1. The molecule has 0 saturated heterocycles. The minimum Gasteiger partial charge on any atom is -0.481 e. The van der Waals surface area contributed by atoms with Crippen LogP contribution in [0.5, 0.6) is 0 Å². The molecule has 0 radical (unpaired) electrons. The van der Waals surface area contributed by atoms with E-state index in [1.165, 1.54) is 48.4 Å². The van der Waals surface area contributed by atoms with E-state index in [2.05, 4.69) is 59.7 Å². The molecule has 1 amide bonds. The van der Waals surface area contributed by atoms with Gasteiger partial charge in [-0.25, -0.2) is 0 Å². The summed E-state index contributed by atoms with van der Waals surface area (Å²) in [5.41, 5.74) is 3.94. The van der Waals surface area contributed by atoms with Crippen molar-refractivity contribution >= 4 is 47.9 Å². The van der Waals surface area contributed by atoms with Gasteiger partial charge < -0.3 is 10.4 Å². The van der Waals surface area contributed by atoms with E-state index in [1.54, 1.807) is 29.8 Å². The second-order valence-electron chi connectivity index (χ2n) is 22.4. The molecule has 9 heteroatoms. The molecule has 7 nitrogen and oxygen atoms in total. The van der Waals surface area contributed by atoms with E-state index in [-0.39, 0.29) is 51.2 Å². The lowest BCUT2D eigenvalue weighted by Crippen LogP contribution is -2.62. The number of fused-ring (bicyclic) bond motifs is 7. The number of carboxylic acid groups (broad SMARTS) is 1. The lowest BCUT2D eigenvalue weighted by molar-refractivity contribution is -0.193. The molecule has 5 fully saturated rings. The van der Waals surface area contributed by atoms with E-state index in [0.29, 0.717) is 77.5 Å². The van der Waals surface area contributed by atoms with Gasteiger partial charge in [0.25, 0.3) is 5.91 Å². The zero-order valence-electron chi connectivity index (χ0n) is 38.5. The van der Waals surface area contributed by atoms with Gasteiger partial charge in [-0.1, -0.05) is 97.7 Å². The fourth-order valence-electron chi connectivity index (χ4n) is 15.5. The molecule has 11 atom stereocenters. The van der Waals surface area contributed by atoms with Crippen LogP contribution in [0, 0.1) is 74.9 Å². The number of carbonyl (C=O) groups is 4. The van der Waals surface area contributed by atoms with Crippen molar-refractivity contribution in [2.75, 3.05) is 19.6 Å². The fourth-order valence-corrected chi connectivity index (χ4v) is 15.8. The maximum Gasteiger partial charge on any atom is 0.306 e. The van der Waals surface area contributed by atoms with Crippen LogP contribution in [0.3, 0.4) is 0 Å². The van der Waals surface area contributed by atoms with Gasteiger partial charge in [0.15, 0.2) is 5.78 Å². The standard InChI is InChI=1S/C52H77ClN2O5S/c1-32(2)45-42(57)31-52(25-27-54-26-11-9-8-10-12-28-55(61)47(58)34-13-15-36(53)16-14-34)24-20-40-37(46(45)52)17-18-44-50(40,6)23-21-43-49(4,5)35(19-22-51(43,44)7)29-41(56)38-30-39(33(38)3)48(59)60/h13-16,32-33,35,37-40,43-44,54,61H,8-12,17-31H2,1-7H3,(H,59,60). The predicted octanol–water partition coefficient (Wildman–Crippen LogP) is 12.1. The average molecular weight is 878 g/mol. The second kappa shape index (κ2) is 18.4. The Bertz CT molecular complexity index is 1840. The Hall–Kier alpha value is -2.16. The van der Waals surface area contributed by atoms with Crippen LogP contribution in [-0.4, -0.2) is 52.5 Å². The van der Waals surface area contributed by atoms with E-state index in [1.807, 2.05) is 6.92 Å². The Morgan fingerprint density at radius 2 is 1.56 bits per heavy atom. The summed E-state index contributed by atoms with van der Waals surface area (Å²) in [6.07, 6.45) is 17.8. The largest absolute Gasteiger partial charge is 0.481 e. The average Bonchev–Trinajstić information content (AvgIpc) is 3.51. The Morgan fingerprint density at radius 1 is 0.869 bits per heavy atom. The number of carboxylic acids is 1. The van der Waals surface area contributed by atoms with Crippen LogP contribution in [0.1, 0.15) is 168 Å². The summed E-state index contributed by atoms with van der Waals surface area (Å²) in [5.74, 6) is 2.37. The predicted molar refractivity (Wildman–Crippen MR) is 248 cm³/mol. The number of unbranched alkanes of at least 4 members (excludes halogenated alkanes) is 4. The van der Waals surface area contributed by atoms with E-state index in [9.17, 15) is 24.3 Å². The van der Waals surface area contributed by atoms with Crippen LogP contribution < -0.4 is 5.32 Å². The molecule has 7 rings (SSSR count). The number of hydrogen-bond acceptors (Lipinski definition) is 6. The maximum absolute atomic E-state index is 14.0. The fraction of sp³-hybridized carbons (Fsp3) is 0.769. The Kier molecular flexibility index (Phi) is 14.1. The van der Waals surface area contributed by atoms with Gasteiger partial charge in [-0.15, -0.1) is 0 Å². The molecule has 6 aliphatic carbocycles. The number of thiol groups is 1. The van der Waals surface area contributed by atoms with Crippen molar-refractivity contribution in [3.8, 4) is 0 Å².